The molecule has 0 bridgehead atoms. The molecule has 1 saturated carbocycles. The molecule has 2 aliphatic heterocycles. The van der Waals surface area contributed by atoms with Crippen molar-refractivity contribution in [1.82, 2.24) is 20.6 Å². The first-order valence-electron chi connectivity index (χ1n) is 11.9. The van der Waals surface area contributed by atoms with Gasteiger partial charge in [0.2, 0.25) is 11.8 Å². The third-order valence-corrected chi connectivity index (χ3v) is 7.62. The highest BCUT2D eigenvalue weighted by Gasteiger charge is 2.40. The van der Waals surface area contributed by atoms with E-state index in [-0.39, 0.29) is 73.8 Å². The Labute approximate surface area is 208 Å². The number of hydroxylamine groups is 2. The summed E-state index contributed by atoms with van der Waals surface area (Å²) in [6, 6.07) is 0. The van der Waals surface area contributed by atoms with Crippen LogP contribution in [0.2, 0.25) is 0 Å². The number of imide groups is 2. The maximum absolute atomic E-state index is 12.6. The minimum atomic E-state index is -0.568. The molecule has 1 unspecified atom stereocenters. The minimum Gasteiger partial charge on any atom is -0.359 e. The molecule has 3 rings (SSSR count). The Balaban J connectivity index is 1.31. The molecule has 2 heterocycles. The first-order chi connectivity index (χ1) is 16.8. The van der Waals surface area contributed by atoms with Crippen molar-refractivity contribution in [2.45, 2.75) is 50.2 Å². The highest BCUT2D eigenvalue weighted by molar-refractivity contribution is 8.00. The molecule has 0 radical (unpaired) electrons. The van der Waals surface area contributed by atoms with Crippen molar-refractivity contribution >= 4 is 47.2 Å². The zero-order chi connectivity index (χ0) is 25.4. The summed E-state index contributed by atoms with van der Waals surface area (Å²) in [5.74, 6) is -0.850. The van der Waals surface area contributed by atoms with Gasteiger partial charge in [-0.2, -0.15) is 5.06 Å². The van der Waals surface area contributed by atoms with Crippen LogP contribution in [0.25, 0.3) is 0 Å². The van der Waals surface area contributed by atoms with Crippen molar-refractivity contribution in [3.8, 4) is 0 Å². The lowest BCUT2D eigenvalue weighted by molar-refractivity contribution is -0.191. The first kappa shape index (κ1) is 26.9. The van der Waals surface area contributed by atoms with Gasteiger partial charge in [-0.15, -0.1) is 11.8 Å². The van der Waals surface area contributed by atoms with E-state index in [1.54, 1.807) is 0 Å². The van der Waals surface area contributed by atoms with Crippen LogP contribution in [-0.4, -0.2) is 83.2 Å². The Morgan fingerprint density at radius 3 is 2.31 bits per heavy atom. The second-order valence-corrected chi connectivity index (χ2v) is 10.2. The van der Waals surface area contributed by atoms with Gasteiger partial charge in [-0.3, -0.25) is 38.5 Å². The monoisotopic (exact) mass is 508 g/mol. The summed E-state index contributed by atoms with van der Waals surface area (Å²) in [5.41, 5.74) is 0. The topological polar surface area (TPSA) is 142 Å². The van der Waals surface area contributed by atoms with E-state index < -0.39 is 11.2 Å². The molecule has 12 heteroatoms. The van der Waals surface area contributed by atoms with Gasteiger partial charge in [-0.05, 0) is 37.5 Å². The van der Waals surface area contributed by atoms with Crippen molar-refractivity contribution < 1.29 is 33.6 Å². The minimum absolute atomic E-state index is 0.0421. The van der Waals surface area contributed by atoms with Crippen LogP contribution in [0.5, 0.6) is 0 Å². The molecule has 2 N–H and O–H groups in total. The van der Waals surface area contributed by atoms with E-state index in [2.05, 4.69) is 10.6 Å². The Morgan fingerprint density at radius 1 is 1.00 bits per heavy atom. The summed E-state index contributed by atoms with van der Waals surface area (Å²) in [6.07, 6.45) is 6.37. The van der Waals surface area contributed by atoms with E-state index in [9.17, 15) is 28.8 Å². The quantitative estimate of drug-likeness (QED) is 0.355. The van der Waals surface area contributed by atoms with Crippen LogP contribution in [0.1, 0.15) is 44.9 Å². The normalized spacial score (nSPS) is 24.4. The van der Waals surface area contributed by atoms with Crippen molar-refractivity contribution in [2.24, 2.45) is 11.8 Å². The standard InChI is InChI=1S/C23H32N4O7S/c1-24-18(28)8-10-25-19(29)9-11-35-17-12-22(32)27(23(17)33)34-14-16-4-2-15(3-5-16)13-26-20(30)6-7-21(26)31/h6-7,15-17H,2-5,8-14H2,1H3,(H,24,28)(H,25,29). The fourth-order valence-corrected chi connectivity index (χ4v) is 5.39. The van der Waals surface area contributed by atoms with E-state index in [4.69, 9.17) is 4.84 Å². The summed E-state index contributed by atoms with van der Waals surface area (Å²) in [7, 11) is 1.53. The molecule has 3 aliphatic rings. The van der Waals surface area contributed by atoms with Gasteiger partial charge in [0.25, 0.3) is 23.6 Å². The maximum atomic E-state index is 12.6. The summed E-state index contributed by atoms with van der Waals surface area (Å²) >= 11 is 1.25. The SMILES string of the molecule is CNC(=O)CCNC(=O)CCSC1CC(=O)N(OCC2CCC(CN3C(=O)C=CC3=O)CC2)C1=O. The molecule has 0 aromatic heterocycles. The third kappa shape index (κ3) is 7.63. The molecule has 2 fully saturated rings. The highest BCUT2D eigenvalue weighted by Crippen LogP contribution is 2.31. The van der Waals surface area contributed by atoms with Crippen molar-refractivity contribution in [2.75, 3.05) is 32.5 Å². The Bertz CT molecular complexity index is 867. The van der Waals surface area contributed by atoms with Crippen LogP contribution in [0, 0.1) is 11.8 Å². The number of hydrogen-bond acceptors (Lipinski definition) is 8. The van der Waals surface area contributed by atoms with Gasteiger partial charge >= 0.3 is 0 Å². The maximum Gasteiger partial charge on any atom is 0.267 e. The number of rotatable bonds is 12. The molecule has 11 nitrogen and oxygen atoms in total. The van der Waals surface area contributed by atoms with Gasteiger partial charge < -0.3 is 10.6 Å². The lowest BCUT2D eigenvalue weighted by Crippen LogP contribution is -2.37. The zero-order valence-electron chi connectivity index (χ0n) is 19.8. The second-order valence-electron chi connectivity index (χ2n) is 8.92. The predicted octanol–water partition coefficient (Wildman–Crippen LogP) is 0.153. The Morgan fingerprint density at radius 2 is 1.66 bits per heavy atom. The predicted molar refractivity (Wildman–Crippen MR) is 126 cm³/mol. The van der Waals surface area contributed by atoms with Crippen LogP contribution in [0.15, 0.2) is 12.2 Å². The molecule has 192 valence electrons. The summed E-state index contributed by atoms with van der Waals surface area (Å²) in [4.78, 5) is 78.2. The van der Waals surface area contributed by atoms with Crippen molar-refractivity contribution in [3.05, 3.63) is 12.2 Å². The average Bonchev–Trinajstić information content (AvgIpc) is 3.30. The average molecular weight is 509 g/mol. The van der Waals surface area contributed by atoms with Gasteiger partial charge in [0.15, 0.2) is 0 Å². The largest absolute Gasteiger partial charge is 0.359 e. The number of nitrogens with zero attached hydrogens (tertiary/aromatic N) is 2. The molecule has 1 saturated heterocycles. The number of thioether (sulfide) groups is 1. The number of hydrogen-bond donors (Lipinski definition) is 2. The smallest absolute Gasteiger partial charge is 0.267 e. The summed E-state index contributed by atoms with van der Waals surface area (Å²) < 4.78 is 0. The fourth-order valence-electron chi connectivity index (χ4n) is 4.30. The van der Waals surface area contributed by atoms with Gasteiger partial charge in [-0.1, -0.05) is 0 Å². The molecular formula is C23H32N4O7S. The molecule has 1 aliphatic carbocycles. The number of amides is 6. The van der Waals surface area contributed by atoms with Gasteiger partial charge in [0, 0.05) is 50.9 Å². The van der Waals surface area contributed by atoms with Crippen LogP contribution in [0.4, 0.5) is 0 Å². The molecule has 35 heavy (non-hydrogen) atoms. The van der Waals surface area contributed by atoms with Crippen LogP contribution < -0.4 is 10.6 Å². The van der Waals surface area contributed by atoms with Gasteiger partial charge in [-0.25, -0.2) is 0 Å². The van der Waals surface area contributed by atoms with Gasteiger partial charge in [0.1, 0.15) is 0 Å². The van der Waals surface area contributed by atoms with Crippen molar-refractivity contribution in [3.63, 3.8) is 0 Å². The van der Waals surface area contributed by atoms with E-state index in [1.165, 1.54) is 35.9 Å². The summed E-state index contributed by atoms with van der Waals surface area (Å²) in [6.45, 7) is 0.935. The molecule has 0 aromatic carbocycles. The Hall–Kier alpha value is -2.73. The third-order valence-electron chi connectivity index (χ3n) is 6.41. The zero-order valence-corrected chi connectivity index (χ0v) is 20.6. The summed E-state index contributed by atoms with van der Waals surface area (Å²) in [5, 5.41) is 5.41. The van der Waals surface area contributed by atoms with E-state index in [1.807, 2.05) is 0 Å². The lowest BCUT2D eigenvalue weighted by Gasteiger charge is -2.30. The van der Waals surface area contributed by atoms with E-state index in [0.29, 0.717) is 12.3 Å². The first-order valence-corrected chi connectivity index (χ1v) is 13.0. The van der Waals surface area contributed by atoms with Crippen LogP contribution in [-0.2, 0) is 33.6 Å². The molecular weight excluding hydrogens is 476 g/mol. The molecule has 6 amide bonds. The number of nitrogens with one attached hydrogen (secondary N) is 2. The van der Waals surface area contributed by atoms with Crippen LogP contribution >= 0.6 is 11.8 Å². The highest BCUT2D eigenvalue weighted by atomic mass is 32.2. The lowest BCUT2D eigenvalue weighted by atomic mass is 9.82. The van der Waals surface area contributed by atoms with E-state index >= 15 is 0 Å². The molecule has 0 spiro atoms. The molecule has 1 atom stereocenters. The van der Waals surface area contributed by atoms with E-state index in [0.717, 1.165) is 30.7 Å². The van der Waals surface area contributed by atoms with Crippen molar-refractivity contribution in [1.29, 1.82) is 0 Å². The Kier molecular flexibility index (Phi) is 9.84. The number of carbonyl (C=O) groups is 6. The number of carbonyl (C=O) groups excluding carboxylic acids is 6. The molecule has 0 aromatic rings. The fraction of sp³-hybridized carbons (Fsp3) is 0.652. The van der Waals surface area contributed by atoms with Crippen LogP contribution in [0.3, 0.4) is 0 Å². The second kappa shape index (κ2) is 12.8. The van der Waals surface area contributed by atoms with Gasteiger partial charge in [0.05, 0.1) is 18.3 Å².